The van der Waals surface area contributed by atoms with E-state index in [-0.39, 0.29) is 5.91 Å². The van der Waals surface area contributed by atoms with Gasteiger partial charge in [0.1, 0.15) is 22.6 Å². The number of nitrogens with zero attached hydrogens (tertiary/aromatic N) is 1. The number of thiophene rings is 1. The second-order valence-corrected chi connectivity index (χ2v) is 8.00. The predicted molar refractivity (Wildman–Crippen MR) is 107 cm³/mol. The van der Waals surface area contributed by atoms with Crippen molar-refractivity contribution in [3.05, 3.63) is 39.8 Å². The maximum Gasteiger partial charge on any atom is 0.225 e. The normalized spacial score (nSPS) is 15.6. The molecule has 0 aliphatic heterocycles. The molecule has 3 rings (SSSR count). The van der Waals surface area contributed by atoms with Crippen molar-refractivity contribution in [3.63, 3.8) is 0 Å². The van der Waals surface area contributed by atoms with Gasteiger partial charge in [-0.3, -0.25) is 4.79 Å². The molecule has 0 fully saturated rings. The summed E-state index contributed by atoms with van der Waals surface area (Å²) in [6.07, 6.45) is 3.86. The minimum absolute atomic E-state index is 0.0944. The first-order chi connectivity index (χ1) is 13.0. The molecule has 0 unspecified atom stereocenters. The second kappa shape index (κ2) is 8.45. The Morgan fingerprint density at radius 1 is 1.37 bits per heavy atom. The van der Waals surface area contributed by atoms with Crippen molar-refractivity contribution in [1.29, 1.82) is 5.26 Å². The third-order valence-corrected chi connectivity index (χ3v) is 6.16. The van der Waals surface area contributed by atoms with Crippen LogP contribution in [0.1, 0.15) is 41.3 Å². The monoisotopic (exact) mass is 384 g/mol. The lowest BCUT2D eigenvalue weighted by atomic mass is 9.88. The molecule has 1 amide bonds. The van der Waals surface area contributed by atoms with Gasteiger partial charge in [-0.2, -0.15) is 5.26 Å². The number of hydrogen-bond donors (Lipinski definition) is 1. The molecule has 1 atom stereocenters. The van der Waals surface area contributed by atoms with E-state index < -0.39 is 0 Å². The van der Waals surface area contributed by atoms with Crippen LogP contribution in [0.25, 0.3) is 0 Å². The maximum atomic E-state index is 12.5. The van der Waals surface area contributed by atoms with Crippen LogP contribution in [-0.4, -0.2) is 20.1 Å². The van der Waals surface area contributed by atoms with Gasteiger partial charge in [0.25, 0.3) is 0 Å². The van der Waals surface area contributed by atoms with Gasteiger partial charge < -0.3 is 14.8 Å². The molecule has 142 valence electrons. The molecule has 1 aromatic carbocycles. The molecule has 0 saturated carbocycles. The van der Waals surface area contributed by atoms with Crippen LogP contribution in [0.2, 0.25) is 0 Å². The van der Waals surface area contributed by atoms with Crippen LogP contribution in [0.5, 0.6) is 11.5 Å². The van der Waals surface area contributed by atoms with Crippen molar-refractivity contribution in [2.75, 3.05) is 19.5 Å². The van der Waals surface area contributed by atoms with Gasteiger partial charge in [0, 0.05) is 11.3 Å². The summed E-state index contributed by atoms with van der Waals surface area (Å²) in [6, 6.07) is 7.85. The lowest BCUT2D eigenvalue weighted by molar-refractivity contribution is -0.116. The highest BCUT2D eigenvalue weighted by molar-refractivity contribution is 7.16. The molecule has 0 radical (unpaired) electrons. The largest absolute Gasteiger partial charge is 0.497 e. The lowest BCUT2D eigenvalue weighted by Crippen LogP contribution is -2.13. The van der Waals surface area contributed by atoms with Crippen molar-refractivity contribution in [3.8, 4) is 17.6 Å². The molecule has 1 N–H and O–H groups in total. The number of fused-ring (bicyclic) bond motifs is 1. The van der Waals surface area contributed by atoms with E-state index in [9.17, 15) is 10.1 Å². The van der Waals surface area contributed by atoms with Crippen LogP contribution in [0.4, 0.5) is 5.00 Å². The Bertz CT molecular complexity index is 882. The summed E-state index contributed by atoms with van der Waals surface area (Å²) in [6.45, 7) is 2.23. The van der Waals surface area contributed by atoms with E-state index in [2.05, 4.69) is 18.3 Å². The van der Waals surface area contributed by atoms with Crippen LogP contribution in [0.15, 0.2) is 18.2 Å². The molecule has 1 aromatic heterocycles. The number of carbonyl (C=O) groups is 1. The average molecular weight is 385 g/mol. The second-order valence-electron chi connectivity index (χ2n) is 6.89. The molecule has 1 heterocycles. The summed E-state index contributed by atoms with van der Waals surface area (Å²) < 4.78 is 10.6. The van der Waals surface area contributed by atoms with E-state index in [1.54, 1.807) is 25.6 Å². The fraction of sp³-hybridized carbons (Fsp3) is 0.429. The Kier molecular flexibility index (Phi) is 6.02. The molecule has 27 heavy (non-hydrogen) atoms. The molecule has 2 aromatic rings. The zero-order valence-electron chi connectivity index (χ0n) is 15.9. The Hall–Kier alpha value is -2.52. The van der Waals surface area contributed by atoms with Crippen LogP contribution in [0, 0.1) is 17.2 Å². The minimum atomic E-state index is -0.0944. The van der Waals surface area contributed by atoms with E-state index in [0.29, 0.717) is 29.3 Å². The summed E-state index contributed by atoms with van der Waals surface area (Å²) in [5, 5.41) is 13.2. The van der Waals surface area contributed by atoms with Gasteiger partial charge in [-0.15, -0.1) is 11.3 Å². The molecule has 6 heteroatoms. The van der Waals surface area contributed by atoms with Gasteiger partial charge in [0.05, 0.1) is 19.8 Å². The molecular weight excluding hydrogens is 360 g/mol. The number of anilines is 1. The van der Waals surface area contributed by atoms with Gasteiger partial charge in [-0.05, 0) is 60.9 Å². The van der Waals surface area contributed by atoms with Gasteiger partial charge in [-0.1, -0.05) is 6.92 Å². The van der Waals surface area contributed by atoms with Crippen molar-refractivity contribution in [2.24, 2.45) is 5.92 Å². The number of carbonyl (C=O) groups excluding carboxylic acids is 1. The standard InChI is InChI=1S/C21H24N2O3S/c1-13-4-7-16-17(12-22)21(27-19(16)10-13)23-20(24)9-5-14-11-15(25-2)6-8-18(14)26-3/h6,8,11,13H,4-5,7,9-10H2,1-3H3,(H,23,24)/t13-/m1/s1. The van der Waals surface area contributed by atoms with E-state index in [1.165, 1.54) is 4.88 Å². The van der Waals surface area contributed by atoms with Crippen molar-refractivity contribution in [2.45, 2.75) is 39.0 Å². The molecular formula is C21H24N2O3S. The molecule has 0 bridgehead atoms. The van der Waals surface area contributed by atoms with Gasteiger partial charge in [0.2, 0.25) is 5.91 Å². The number of ether oxygens (including phenoxy) is 2. The SMILES string of the molecule is COc1ccc(OC)c(CCC(=O)Nc2sc3c(c2C#N)CC[C@@H](C)C3)c1. The number of amides is 1. The zero-order valence-corrected chi connectivity index (χ0v) is 16.7. The number of methoxy groups -OCH3 is 2. The van der Waals surface area contributed by atoms with Crippen LogP contribution in [-0.2, 0) is 24.1 Å². The fourth-order valence-corrected chi connectivity index (χ4v) is 4.85. The first-order valence-electron chi connectivity index (χ1n) is 9.11. The first kappa shape index (κ1) is 19.2. The Morgan fingerprint density at radius 3 is 2.89 bits per heavy atom. The molecule has 1 aliphatic carbocycles. The van der Waals surface area contributed by atoms with Crippen molar-refractivity contribution in [1.82, 2.24) is 0 Å². The average Bonchev–Trinajstić information content (AvgIpc) is 3.01. The molecule has 0 saturated heterocycles. The van der Waals surface area contributed by atoms with Crippen LogP contribution < -0.4 is 14.8 Å². The summed E-state index contributed by atoms with van der Waals surface area (Å²) >= 11 is 1.55. The third kappa shape index (κ3) is 4.25. The topological polar surface area (TPSA) is 71.3 Å². The van der Waals surface area contributed by atoms with E-state index in [1.807, 2.05) is 18.2 Å². The molecule has 5 nitrogen and oxygen atoms in total. The molecule has 1 aliphatic rings. The highest BCUT2D eigenvalue weighted by Crippen LogP contribution is 2.39. The quantitative estimate of drug-likeness (QED) is 0.804. The number of nitrogens with one attached hydrogen (secondary N) is 1. The smallest absolute Gasteiger partial charge is 0.225 e. The number of nitriles is 1. The summed E-state index contributed by atoms with van der Waals surface area (Å²) in [7, 11) is 3.23. The van der Waals surface area contributed by atoms with Crippen molar-refractivity contribution < 1.29 is 14.3 Å². The summed E-state index contributed by atoms with van der Waals surface area (Å²) in [4.78, 5) is 13.7. The van der Waals surface area contributed by atoms with Crippen LogP contribution in [0.3, 0.4) is 0 Å². The van der Waals surface area contributed by atoms with Gasteiger partial charge >= 0.3 is 0 Å². The minimum Gasteiger partial charge on any atom is -0.497 e. The summed E-state index contributed by atoms with van der Waals surface area (Å²) in [5.74, 6) is 2.01. The van der Waals surface area contributed by atoms with Gasteiger partial charge in [-0.25, -0.2) is 0 Å². The lowest BCUT2D eigenvalue weighted by Gasteiger charge is -2.17. The van der Waals surface area contributed by atoms with E-state index >= 15 is 0 Å². The van der Waals surface area contributed by atoms with E-state index in [0.717, 1.165) is 41.9 Å². The highest BCUT2D eigenvalue weighted by atomic mass is 32.1. The first-order valence-corrected chi connectivity index (χ1v) is 9.92. The summed E-state index contributed by atoms with van der Waals surface area (Å²) in [5.41, 5.74) is 2.70. The fourth-order valence-electron chi connectivity index (χ4n) is 3.47. The van der Waals surface area contributed by atoms with E-state index in [4.69, 9.17) is 9.47 Å². The highest BCUT2D eigenvalue weighted by Gasteiger charge is 2.24. The number of benzene rings is 1. The predicted octanol–water partition coefficient (Wildman–Crippen LogP) is 4.33. The van der Waals surface area contributed by atoms with Gasteiger partial charge in [0.15, 0.2) is 0 Å². The number of hydrogen-bond acceptors (Lipinski definition) is 5. The van der Waals surface area contributed by atoms with Crippen molar-refractivity contribution >= 4 is 22.2 Å². The van der Waals surface area contributed by atoms with Crippen LogP contribution >= 0.6 is 11.3 Å². The maximum absolute atomic E-state index is 12.5. The number of rotatable bonds is 6. The Morgan fingerprint density at radius 2 is 2.19 bits per heavy atom. The Balaban J connectivity index is 1.70. The molecule has 0 spiro atoms. The number of aryl methyl sites for hydroxylation is 1. The third-order valence-electron chi connectivity index (χ3n) is 4.99. The zero-order chi connectivity index (χ0) is 19.4. The Labute approximate surface area is 163 Å².